The normalized spacial score (nSPS) is 11.3. The second-order valence-electron chi connectivity index (χ2n) is 6.33. The average molecular weight is 449 g/mol. The average Bonchev–Trinajstić information content (AvgIpc) is 2.77. The highest BCUT2D eigenvalue weighted by atomic mass is 32.2. The molecule has 2 aromatic rings. The second-order valence-corrected chi connectivity index (χ2v) is 7.32. The van der Waals surface area contributed by atoms with Crippen LogP contribution in [-0.2, 0) is 32.2 Å². The molecule has 0 radical (unpaired) electrons. The lowest BCUT2D eigenvalue weighted by atomic mass is 10.2. The molecule has 0 bridgehead atoms. The van der Waals surface area contributed by atoms with Gasteiger partial charge in [-0.2, -0.15) is 16.7 Å². The summed E-state index contributed by atoms with van der Waals surface area (Å²) >= 11 is 1.53. The number of aromatic nitrogens is 2. The SMILES string of the molecule is COC(=O)[C@H](CCSC)NC(=O)Cn1ccc(NC(=O)OCc2ccccc2)nc1=O. The molecular weight excluding hydrogens is 424 g/mol. The number of carbonyl (C=O) groups excluding carboxylic acids is 3. The van der Waals surface area contributed by atoms with Gasteiger partial charge in [-0.15, -0.1) is 0 Å². The largest absolute Gasteiger partial charge is 0.467 e. The lowest BCUT2D eigenvalue weighted by Crippen LogP contribution is -2.44. The maximum atomic E-state index is 12.2. The molecular formula is C20H24N4O6S. The predicted octanol–water partition coefficient (Wildman–Crippen LogP) is 1.40. The molecule has 0 aliphatic rings. The molecule has 0 saturated carbocycles. The highest BCUT2D eigenvalue weighted by molar-refractivity contribution is 7.98. The van der Waals surface area contributed by atoms with Crippen molar-refractivity contribution in [1.29, 1.82) is 0 Å². The van der Waals surface area contributed by atoms with Crippen LogP contribution in [0.25, 0.3) is 0 Å². The van der Waals surface area contributed by atoms with E-state index in [-0.39, 0.29) is 19.0 Å². The molecule has 11 heteroatoms. The number of methoxy groups -OCH3 is 1. The Balaban J connectivity index is 1.90. The minimum Gasteiger partial charge on any atom is -0.467 e. The number of anilines is 1. The van der Waals surface area contributed by atoms with E-state index in [0.717, 1.165) is 10.1 Å². The van der Waals surface area contributed by atoms with Crippen molar-refractivity contribution in [3.05, 3.63) is 58.6 Å². The van der Waals surface area contributed by atoms with Gasteiger partial charge in [0, 0.05) is 6.20 Å². The highest BCUT2D eigenvalue weighted by Crippen LogP contribution is 2.05. The molecule has 2 amide bonds. The summed E-state index contributed by atoms with van der Waals surface area (Å²) < 4.78 is 10.8. The number of carbonyl (C=O) groups is 3. The molecule has 31 heavy (non-hydrogen) atoms. The fourth-order valence-corrected chi connectivity index (χ4v) is 2.98. The van der Waals surface area contributed by atoms with Crippen molar-refractivity contribution in [2.24, 2.45) is 0 Å². The molecule has 10 nitrogen and oxygen atoms in total. The van der Waals surface area contributed by atoms with Crippen LogP contribution in [0.3, 0.4) is 0 Å². The summed E-state index contributed by atoms with van der Waals surface area (Å²) in [7, 11) is 1.24. The number of thioether (sulfide) groups is 1. The van der Waals surface area contributed by atoms with Crippen molar-refractivity contribution < 1.29 is 23.9 Å². The molecule has 0 spiro atoms. The third-order valence-corrected chi connectivity index (χ3v) is 4.71. The van der Waals surface area contributed by atoms with Crippen LogP contribution >= 0.6 is 11.8 Å². The molecule has 1 aromatic heterocycles. The van der Waals surface area contributed by atoms with Gasteiger partial charge in [-0.1, -0.05) is 30.3 Å². The van der Waals surface area contributed by atoms with Gasteiger partial charge in [0.2, 0.25) is 5.91 Å². The first kappa shape index (κ1) is 23.9. The van der Waals surface area contributed by atoms with E-state index in [1.165, 1.54) is 31.1 Å². The maximum Gasteiger partial charge on any atom is 0.413 e. The third-order valence-electron chi connectivity index (χ3n) is 4.06. The van der Waals surface area contributed by atoms with E-state index in [1.54, 1.807) is 0 Å². The van der Waals surface area contributed by atoms with Crippen LogP contribution in [0.15, 0.2) is 47.4 Å². The zero-order chi connectivity index (χ0) is 22.6. The first-order chi connectivity index (χ1) is 14.9. The van der Waals surface area contributed by atoms with Crippen molar-refractivity contribution in [2.45, 2.75) is 25.6 Å². The van der Waals surface area contributed by atoms with Crippen LogP contribution < -0.4 is 16.3 Å². The predicted molar refractivity (Wildman–Crippen MR) is 116 cm³/mol. The van der Waals surface area contributed by atoms with Crippen molar-refractivity contribution >= 4 is 35.5 Å². The van der Waals surface area contributed by atoms with E-state index in [2.05, 4.69) is 20.4 Å². The number of rotatable bonds is 10. The van der Waals surface area contributed by atoms with Gasteiger partial charge < -0.3 is 14.8 Å². The molecule has 1 atom stereocenters. The summed E-state index contributed by atoms with van der Waals surface area (Å²) in [4.78, 5) is 51.8. The van der Waals surface area contributed by atoms with Crippen molar-refractivity contribution in [1.82, 2.24) is 14.9 Å². The molecule has 2 rings (SSSR count). The van der Waals surface area contributed by atoms with Crippen LogP contribution in [0.1, 0.15) is 12.0 Å². The summed E-state index contributed by atoms with van der Waals surface area (Å²) in [6.07, 6.45) is 2.84. The Hall–Kier alpha value is -3.34. The smallest absolute Gasteiger partial charge is 0.413 e. The number of hydrogen-bond donors (Lipinski definition) is 2. The molecule has 1 aromatic carbocycles. The van der Waals surface area contributed by atoms with E-state index in [4.69, 9.17) is 4.74 Å². The monoisotopic (exact) mass is 448 g/mol. The first-order valence-electron chi connectivity index (χ1n) is 9.34. The van der Waals surface area contributed by atoms with E-state index < -0.39 is 29.7 Å². The van der Waals surface area contributed by atoms with Crippen LogP contribution in [0, 0.1) is 0 Å². The van der Waals surface area contributed by atoms with Gasteiger partial charge in [-0.25, -0.2) is 14.4 Å². The van der Waals surface area contributed by atoms with Gasteiger partial charge in [0.15, 0.2) is 0 Å². The summed E-state index contributed by atoms with van der Waals surface area (Å²) in [6.45, 7) is -0.265. The summed E-state index contributed by atoms with van der Waals surface area (Å²) in [5.41, 5.74) is 0.0737. The summed E-state index contributed by atoms with van der Waals surface area (Å²) in [6, 6.07) is 9.68. The Morgan fingerprint density at radius 1 is 1.19 bits per heavy atom. The van der Waals surface area contributed by atoms with Crippen molar-refractivity contribution in [3.8, 4) is 0 Å². The number of hydrogen-bond acceptors (Lipinski definition) is 8. The molecule has 166 valence electrons. The van der Waals surface area contributed by atoms with Gasteiger partial charge in [0.1, 0.15) is 25.0 Å². The van der Waals surface area contributed by atoms with E-state index in [0.29, 0.717) is 12.2 Å². The fraction of sp³-hybridized carbons (Fsp3) is 0.350. The maximum absolute atomic E-state index is 12.2. The third kappa shape index (κ3) is 8.13. The van der Waals surface area contributed by atoms with Gasteiger partial charge in [0.05, 0.1) is 7.11 Å². The van der Waals surface area contributed by atoms with Crippen LogP contribution in [-0.4, -0.2) is 52.7 Å². The summed E-state index contributed by atoms with van der Waals surface area (Å²) in [5, 5.41) is 4.92. The van der Waals surface area contributed by atoms with Gasteiger partial charge in [-0.3, -0.25) is 14.7 Å². The number of ether oxygens (including phenoxy) is 2. The van der Waals surface area contributed by atoms with E-state index >= 15 is 0 Å². The summed E-state index contributed by atoms with van der Waals surface area (Å²) in [5.74, 6) is -0.445. The molecule has 1 heterocycles. The lowest BCUT2D eigenvalue weighted by Gasteiger charge is -2.16. The van der Waals surface area contributed by atoms with Crippen molar-refractivity contribution in [3.63, 3.8) is 0 Å². The zero-order valence-electron chi connectivity index (χ0n) is 17.2. The second kappa shape index (κ2) is 12.4. The Kier molecular flexibility index (Phi) is 9.56. The fourth-order valence-electron chi connectivity index (χ4n) is 2.50. The van der Waals surface area contributed by atoms with E-state index in [1.807, 2.05) is 36.6 Å². The van der Waals surface area contributed by atoms with Crippen LogP contribution in [0.4, 0.5) is 10.6 Å². The molecule has 0 aliphatic carbocycles. The Morgan fingerprint density at radius 2 is 1.94 bits per heavy atom. The number of nitrogens with zero attached hydrogens (tertiary/aromatic N) is 2. The van der Waals surface area contributed by atoms with Crippen molar-refractivity contribution in [2.75, 3.05) is 24.4 Å². The number of nitrogens with one attached hydrogen (secondary N) is 2. The van der Waals surface area contributed by atoms with Gasteiger partial charge in [0.25, 0.3) is 0 Å². The number of esters is 1. The Labute approximate surface area is 183 Å². The number of benzene rings is 1. The van der Waals surface area contributed by atoms with Gasteiger partial charge in [-0.05, 0) is 30.1 Å². The molecule has 2 N–H and O–H groups in total. The lowest BCUT2D eigenvalue weighted by molar-refractivity contribution is -0.145. The first-order valence-corrected chi connectivity index (χ1v) is 10.7. The number of amides is 2. The zero-order valence-corrected chi connectivity index (χ0v) is 18.0. The quantitative estimate of drug-likeness (QED) is 0.522. The topological polar surface area (TPSA) is 129 Å². The minimum absolute atomic E-state index is 0.00729. The highest BCUT2D eigenvalue weighted by Gasteiger charge is 2.21. The minimum atomic E-state index is -0.797. The molecule has 0 fully saturated rings. The van der Waals surface area contributed by atoms with E-state index in [9.17, 15) is 19.2 Å². The molecule has 0 saturated heterocycles. The Morgan fingerprint density at radius 3 is 2.58 bits per heavy atom. The molecule has 0 unspecified atom stereocenters. The van der Waals surface area contributed by atoms with Gasteiger partial charge >= 0.3 is 17.8 Å². The Bertz CT molecular complexity index is 950. The van der Waals surface area contributed by atoms with Crippen LogP contribution in [0.5, 0.6) is 0 Å². The van der Waals surface area contributed by atoms with Crippen LogP contribution in [0.2, 0.25) is 0 Å². The standard InChI is InChI=1S/C20H24N4O6S/c1-29-18(26)15(9-11-31-2)21-17(25)12-24-10-8-16(22-19(24)27)23-20(28)30-13-14-6-4-3-5-7-14/h3-8,10,15H,9,11-13H2,1-2H3,(H,21,25)(H,22,23,27,28)/t15-/m0/s1. The molecule has 0 aliphatic heterocycles.